The highest BCUT2D eigenvalue weighted by atomic mass is 16.5. The second kappa shape index (κ2) is 7.06. The molecule has 0 saturated heterocycles. The average Bonchev–Trinajstić information content (AvgIpc) is 2.36. The molecule has 1 heterocycles. The van der Waals surface area contributed by atoms with Crippen LogP contribution >= 0.6 is 0 Å². The van der Waals surface area contributed by atoms with Gasteiger partial charge in [0.05, 0.1) is 6.61 Å². The lowest BCUT2D eigenvalue weighted by molar-refractivity contribution is 0.242. The highest BCUT2D eigenvalue weighted by molar-refractivity contribution is 5.36. The number of nitrogen functional groups attached to an aromatic ring is 1. The number of nitrogens with zero attached hydrogens (tertiary/aromatic N) is 2. The van der Waals surface area contributed by atoms with E-state index in [2.05, 4.69) is 29.2 Å². The fourth-order valence-electron chi connectivity index (χ4n) is 1.58. The number of nitrogens with one attached hydrogen (secondary N) is 1. The fourth-order valence-corrected chi connectivity index (χ4v) is 1.58. The summed E-state index contributed by atoms with van der Waals surface area (Å²) in [6.45, 7) is 7.03. The van der Waals surface area contributed by atoms with Gasteiger partial charge in [-0.15, -0.1) is 0 Å². The Kier molecular flexibility index (Phi) is 5.69. The second-order valence-electron chi connectivity index (χ2n) is 4.21. The third-order valence-corrected chi connectivity index (χ3v) is 2.51. The first kappa shape index (κ1) is 13.7. The topological polar surface area (TPSA) is 73.1 Å². The van der Waals surface area contributed by atoms with Crippen LogP contribution in [-0.4, -0.2) is 16.6 Å². The lowest BCUT2D eigenvalue weighted by atomic mass is 10.1. The van der Waals surface area contributed by atoms with E-state index in [4.69, 9.17) is 10.6 Å². The second-order valence-corrected chi connectivity index (χ2v) is 4.21. The number of anilines is 1. The number of nitrogens with two attached hydrogens (primary N) is 1. The van der Waals surface area contributed by atoms with Crippen molar-refractivity contribution < 1.29 is 4.74 Å². The Morgan fingerprint density at radius 2 is 2.18 bits per heavy atom. The molecule has 5 nitrogen and oxygen atoms in total. The number of hydrogen-bond donors (Lipinski definition) is 2. The van der Waals surface area contributed by atoms with Gasteiger partial charge in [-0.25, -0.2) is 10.8 Å². The Hall–Kier alpha value is -1.36. The third-order valence-electron chi connectivity index (χ3n) is 2.51. The zero-order valence-corrected chi connectivity index (χ0v) is 10.9. The molecule has 1 rings (SSSR count). The van der Waals surface area contributed by atoms with E-state index in [-0.39, 0.29) is 0 Å². The van der Waals surface area contributed by atoms with Crippen LogP contribution < -0.4 is 16.0 Å². The van der Waals surface area contributed by atoms with Crippen molar-refractivity contribution >= 4 is 5.82 Å². The maximum absolute atomic E-state index is 5.66. The average molecular weight is 238 g/mol. The molecule has 0 fully saturated rings. The Bertz CT molecular complexity index is 321. The zero-order chi connectivity index (χ0) is 12.7. The van der Waals surface area contributed by atoms with E-state index >= 15 is 0 Å². The molecule has 5 heteroatoms. The molecule has 96 valence electrons. The van der Waals surface area contributed by atoms with Crippen LogP contribution in [0.1, 0.15) is 39.4 Å². The summed E-state index contributed by atoms with van der Waals surface area (Å²) >= 11 is 0. The molecular formula is C12H22N4O. The summed E-state index contributed by atoms with van der Waals surface area (Å²) in [6.07, 6.45) is 3.09. The lowest BCUT2D eigenvalue weighted by Gasteiger charge is -2.12. The largest absolute Gasteiger partial charge is 0.477 e. The predicted octanol–water partition coefficient (Wildman–Crippen LogP) is 2.14. The van der Waals surface area contributed by atoms with Crippen molar-refractivity contribution in [1.29, 1.82) is 0 Å². The van der Waals surface area contributed by atoms with Gasteiger partial charge in [0, 0.05) is 12.5 Å². The monoisotopic (exact) mass is 238 g/mol. The maximum atomic E-state index is 5.66. The van der Waals surface area contributed by atoms with E-state index in [1.54, 1.807) is 6.07 Å². The zero-order valence-electron chi connectivity index (χ0n) is 10.9. The fraction of sp³-hybridized carbons (Fsp3) is 0.667. The standard InChI is InChI=1S/C12H22N4O/c1-4-6-9(3)8-17-12-7-11(16-13)14-10(5-2)15-12/h7,9H,4-6,8,13H2,1-3H3,(H,14,15,16). The van der Waals surface area contributed by atoms with Crippen molar-refractivity contribution in [3.8, 4) is 5.88 Å². The summed E-state index contributed by atoms with van der Waals surface area (Å²) in [5.41, 5.74) is 2.52. The smallest absolute Gasteiger partial charge is 0.218 e. The first-order chi connectivity index (χ1) is 8.19. The van der Waals surface area contributed by atoms with Crippen LogP contribution in [0.4, 0.5) is 5.82 Å². The van der Waals surface area contributed by atoms with Gasteiger partial charge in [-0.2, -0.15) is 4.98 Å². The number of ether oxygens (including phenoxy) is 1. The molecular weight excluding hydrogens is 216 g/mol. The van der Waals surface area contributed by atoms with E-state index in [1.165, 1.54) is 6.42 Å². The molecule has 0 bridgehead atoms. The molecule has 1 aromatic rings. The minimum absolute atomic E-state index is 0.536. The van der Waals surface area contributed by atoms with Crippen LogP contribution in [0.5, 0.6) is 5.88 Å². The van der Waals surface area contributed by atoms with Gasteiger partial charge >= 0.3 is 0 Å². The molecule has 1 atom stereocenters. The van der Waals surface area contributed by atoms with E-state index in [0.29, 0.717) is 24.2 Å². The predicted molar refractivity (Wildman–Crippen MR) is 68.8 cm³/mol. The highest BCUT2D eigenvalue weighted by Crippen LogP contribution is 2.15. The Labute approximate surface area is 103 Å². The normalized spacial score (nSPS) is 12.2. The van der Waals surface area contributed by atoms with E-state index in [0.717, 1.165) is 18.7 Å². The third kappa shape index (κ3) is 4.56. The molecule has 0 radical (unpaired) electrons. The summed E-state index contributed by atoms with van der Waals surface area (Å²) < 4.78 is 5.66. The molecule has 0 aliphatic heterocycles. The molecule has 17 heavy (non-hydrogen) atoms. The number of rotatable bonds is 7. The summed E-state index contributed by atoms with van der Waals surface area (Å²) in [4.78, 5) is 8.51. The van der Waals surface area contributed by atoms with Crippen LogP contribution in [0.25, 0.3) is 0 Å². The van der Waals surface area contributed by atoms with Gasteiger partial charge in [-0.05, 0) is 12.3 Å². The van der Waals surface area contributed by atoms with E-state index in [9.17, 15) is 0 Å². The van der Waals surface area contributed by atoms with Gasteiger partial charge in [0.1, 0.15) is 11.6 Å². The number of aryl methyl sites for hydroxylation is 1. The van der Waals surface area contributed by atoms with Crippen LogP contribution in [0.15, 0.2) is 6.07 Å². The highest BCUT2D eigenvalue weighted by Gasteiger charge is 2.06. The van der Waals surface area contributed by atoms with Crippen molar-refractivity contribution in [1.82, 2.24) is 9.97 Å². The summed E-state index contributed by atoms with van der Waals surface area (Å²) in [7, 11) is 0. The van der Waals surface area contributed by atoms with Crippen molar-refractivity contribution in [2.24, 2.45) is 11.8 Å². The Balaban J connectivity index is 2.63. The lowest BCUT2D eigenvalue weighted by Crippen LogP contribution is -2.13. The number of hydrogen-bond acceptors (Lipinski definition) is 5. The van der Waals surface area contributed by atoms with Crippen LogP contribution in [0.3, 0.4) is 0 Å². The molecule has 3 N–H and O–H groups in total. The van der Waals surface area contributed by atoms with Gasteiger partial charge in [0.25, 0.3) is 0 Å². The maximum Gasteiger partial charge on any atom is 0.218 e. The molecule has 0 spiro atoms. The minimum Gasteiger partial charge on any atom is -0.477 e. The summed E-state index contributed by atoms with van der Waals surface area (Å²) in [6, 6.07) is 1.72. The summed E-state index contributed by atoms with van der Waals surface area (Å²) in [5.74, 6) is 7.80. The first-order valence-corrected chi connectivity index (χ1v) is 6.16. The van der Waals surface area contributed by atoms with Crippen molar-refractivity contribution in [2.45, 2.75) is 40.0 Å². The van der Waals surface area contributed by atoms with Gasteiger partial charge in [0.2, 0.25) is 5.88 Å². The Morgan fingerprint density at radius 1 is 1.41 bits per heavy atom. The van der Waals surface area contributed by atoms with Gasteiger partial charge in [0.15, 0.2) is 0 Å². The van der Waals surface area contributed by atoms with Gasteiger partial charge in [-0.1, -0.05) is 27.2 Å². The molecule has 0 aliphatic carbocycles. The van der Waals surface area contributed by atoms with Gasteiger partial charge in [-0.3, -0.25) is 0 Å². The molecule has 0 saturated carbocycles. The summed E-state index contributed by atoms with van der Waals surface area (Å²) in [5, 5.41) is 0. The van der Waals surface area contributed by atoms with E-state index in [1.807, 2.05) is 6.92 Å². The molecule has 0 aliphatic rings. The van der Waals surface area contributed by atoms with E-state index < -0.39 is 0 Å². The first-order valence-electron chi connectivity index (χ1n) is 6.16. The van der Waals surface area contributed by atoms with Crippen LogP contribution in [-0.2, 0) is 6.42 Å². The SMILES string of the molecule is CCCC(C)COc1cc(NN)nc(CC)n1. The van der Waals surface area contributed by atoms with Crippen molar-refractivity contribution in [3.63, 3.8) is 0 Å². The van der Waals surface area contributed by atoms with Crippen LogP contribution in [0.2, 0.25) is 0 Å². The van der Waals surface area contributed by atoms with Gasteiger partial charge < -0.3 is 10.2 Å². The molecule has 1 unspecified atom stereocenters. The van der Waals surface area contributed by atoms with Crippen LogP contribution in [0, 0.1) is 5.92 Å². The molecule has 0 amide bonds. The molecule has 0 aromatic carbocycles. The minimum atomic E-state index is 0.536. The number of aromatic nitrogens is 2. The quantitative estimate of drug-likeness (QED) is 0.562. The van der Waals surface area contributed by atoms with Crippen molar-refractivity contribution in [2.75, 3.05) is 12.0 Å². The Morgan fingerprint density at radius 3 is 2.76 bits per heavy atom. The van der Waals surface area contributed by atoms with Crippen molar-refractivity contribution in [3.05, 3.63) is 11.9 Å². The molecule has 1 aromatic heterocycles. The number of hydrazine groups is 1.